The molecule has 2 N–H and O–H groups in total. The number of carbonyl (C=O) groups excluding carboxylic acids is 2. The number of rotatable bonds is 10. The summed E-state index contributed by atoms with van der Waals surface area (Å²) in [6.07, 6.45) is 4.31. The Hall–Kier alpha value is -3.18. The molecule has 3 rings (SSSR count). The van der Waals surface area contributed by atoms with Crippen molar-refractivity contribution in [3.8, 4) is 11.5 Å². The second-order valence-corrected chi connectivity index (χ2v) is 9.81. The molecular formula is C23H30N4O6S. The lowest BCUT2D eigenvalue weighted by Gasteiger charge is -2.30. The van der Waals surface area contributed by atoms with E-state index in [0.29, 0.717) is 30.9 Å². The van der Waals surface area contributed by atoms with Crippen LogP contribution in [-0.4, -0.2) is 63.4 Å². The first-order valence-corrected chi connectivity index (χ1v) is 12.4. The summed E-state index contributed by atoms with van der Waals surface area (Å²) in [6.45, 7) is 1.11. The van der Waals surface area contributed by atoms with Crippen LogP contribution in [0, 0.1) is 5.92 Å². The van der Waals surface area contributed by atoms with E-state index >= 15 is 0 Å². The lowest BCUT2D eigenvalue weighted by atomic mass is 9.97. The number of amides is 2. The maximum absolute atomic E-state index is 13.0. The molecule has 10 nitrogen and oxygen atoms in total. The molecule has 0 bridgehead atoms. The van der Waals surface area contributed by atoms with Crippen LogP contribution in [0.5, 0.6) is 11.5 Å². The van der Waals surface area contributed by atoms with E-state index in [1.165, 1.54) is 30.7 Å². The third-order valence-corrected chi connectivity index (χ3v) is 7.60. The standard InChI is InChI=1S/C23H30N4O6S/c1-32-20-4-3-19(15-21(20)33-2)34(30,31)27-13-8-18(9-14-27)23(29)25-12-7-22(28)26-16-17-5-10-24-11-6-17/h3-6,10-11,15,18H,7-9,12-14,16H2,1-2H3,(H,25,29)(H,26,28). The highest BCUT2D eigenvalue weighted by atomic mass is 32.2. The lowest BCUT2D eigenvalue weighted by Crippen LogP contribution is -2.43. The number of benzene rings is 1. The highest BCUT2D eigenvalue weighted by molar-refractivity contribution is 7.89. The number of ether oxygens (including phenoxy) is 2. The minimum atomic E-state index is -3.72. The molecule has 1 aromatic heterocycles. The topological polar surface area (TPSA) is 127 Å². The van der Waals surface area contributed by atoms with Crippen molar-refractivity contribution in [2.75, 3.05) is 33.9 Å². The van der Waals surface area contributed by atoms with E-state index in [1.54, 1.807) is 18.5 Å². The molecule has 0 radical (unpaired) electrons. The largest absolute Gasteiger partial charge is 0.493 e. The summed E-state index contributed by atoms with van der Waals surface area (Å²) < 4.78 is 37.8. The van der Waals surface area contributed by atoms with E-state index < -0.39 is 10.0 Å². The first kappa shape index (κ1) is 25.4. The van der Waals surface area contributed by atoms with Gasteiger partial charge < -0.3 is 20.1 Å². The van der Waals surface area contributed by atoms with E-state index in [0.717, 1.165) is 5.56 Å². The number of nitrogens with zero attached hydrogens (tertiary/aromatic N) is 2. The van der Waals surface area contributed by atoms with Gasteiger partial charge in [0.2, 0.25) is 21.8 Å². The average Bonchev–Trinajstić information content (AvgIpc) is 2.87. The molecule has 1 aliphatic heterocycles. The maximum Gasteiger partial charge on any atom is 0.243 e. The van der Waals surface area contributed by atoms with Crippen LogP contribution in [0.4, 0.5) is 0 Å². The van der Waals surface area contributed by atoms with Gasteiger partial charge in [-0.05, 0) is 42.7 Å². The normalized spacial score (nSPS) is 14.9. The molecule has 2 amide bonds. The highest BCUT2D eigenvalue weighted by Gasteiger charge is 2.32. The Kier molecular flexibility index (Phi) is 8.83. The zero-order valence-corrected chi connectivity index (χ0v) is 20.1. The number of piperidine rings is 1. The molecule has 1 fully saturated rings. The molecule has 1 saturated heterocycles. The molecule has 34 heavy (non-hydrogen) atoms. The summed E-state index contributed by atoms with van der Waals surface area (Å²) in [5, 5.41) is 5.58. The fourth-order valence-electron chi connectivity index (χ4n) is 3.72. The van der Waals surface area contributed by atoms with Crippen molar-refractivity contribution >= 4 is 21.8 Å². The first-order valence-electron chi connectivity index (χ1n) is 11.0. The van der Waals surface area contributed by atoms with Gasteiger partial charge in [0.05, 0.1) is 19.1 Å². The monoisotopic (exact) mass is 490 g/mol. The number of pyridine rings is 1. The summed E-state index contributed by atoms with van der Waals surface area (Å²) in [4.78, 5) is 28.5. The van der Waals surface area contributed by atoms with Crippen molar-refractivity contribution in [2.24, 2.45) is 5.92 Å². The first-order chi connectivity index (χ1) is 16.3. The third kappa shape index (κ3) is 6.45. The van der Waals surface area contributed by atoms with Gasteiger partial charge in [-0.15, -0.1) is 0 Å². The zero-order valence-electron chi connectivity index (χ0n) is 19.3. The summed E-state index contributed by atoms with van der Waals surface area (Å²) in [7, 11) is -0.786. The second kappa shape index (κ2) is 11.8. The van der Waals surface area contributed by atoms with Gasteiger partial charge in [0.25, 0.3) is 0 Å². The Labute approximate surface area is 199 Å². The van der Waals surface area contributed by atoms with Gasteiger partial charge >= 0.3 is 0 Å². The Balaban J connectivity index is 1.44. The molecule has 1 aromatic carbocycles. The van der Waals surface area contributed by atoms with Gasteiger partial charge in [0.1, 0.15) is 0 Å². The van der Waals surface area contributed by atoms with E-state index in [9.17, 15) is 18.0 Å². The van der Waals surface area contributed by atoms with E-state index in [-0.39, 0.29) is 48.7 Å². The molecule has 184 valence electrons. The van der Waals surface area contributed by atoms with Crippen LogP contribution in [-0.2, 0) is 26.2 Å². The minimum Gasteiger partial charge on any atom is -0.493 e. The summed E-state index contributed by atoms with van der Waals surface area (Å²) >= 11 is 0. The van der Waals surface area contributed by atoms with E-state index in [4.69, 9.17) is 9.47 Å². The van der Waals surface area contributed by atoms with Crippen molar-refractivity contribution in [1.29, 1.82) is 0 Å². The molecule has 1 aliphatic rings. The van der Waals surface area contributed by atoms with Gasteiger partial charge in [-0.3, -0.25) is 14.6 Å². The van der Waals surface area contributed by atoms with Crippen LogP contribution in [0.3, 0.4) is 0 Å². The molecule has 0 spiro atoms. The maximum atomic E-state index is 13.0. The van der Waals surface area contributed by atoms with Crippen molar-refractivity contribution < 1.29 is 27.5 Å². The lowest BCUT2D eigenvalue weighted by molar-refractivity contribution is -0.126. The van der Waals surface area contributed by atoms with Crippen molar-refractivity contribution in [2.45, 2.75) is 30.7 Å². The van der Waals surface area contributed by atoms with Gasteiger partial charge in [-0.1, -0.05) is 0 Å². The Bertz CT molecular complexity index is 1090. The van der Waals surface area contributed by atoms with Crippen LogP contribution in [0.25, 0.3) is 0 Å². The smallest absolute Gasteiger partial charge is 0.243 e. The predicted octanol–water partition coefficient (Wildman–Crippen LogP) is 1.32. The molecule has 0 unspecified atom stereocenters. The number of sulfonamides is 1. The summed E-state index contributed by atoms with van der Waals surface area (Å²) in [5.41, 5.74) is 0.946. The number of hydrogen-bond acceptors (Lipinski definition) is 7. The van der Waals surface area contributed by atoms with Gasteiger partial charge in [-0.2, -0.15) is 4.31 Å². The number of hydrogen-bond donors (Lipinski definition) is 2. The number of methoxy groups -OCH3 is 2. The Morgan fingerprint density at radius 3 is 2.35 bits per heavy atom. The molecule has 0 saturated carbocycles. The molecule has 0 atom stereocenters. The van der Waals surface area contributed by atoms with Crippen molar-refractivity contribution in [3.05, 3.63) is 48.3 Å². The molecule has 0 aliphatic carbocycles. The molecular weight excluding hydrogens is 460 g/mol. The number of aromatic nitrogens is 1. The van der Waals surface area contributed by atoms with E-state index in [2.05, 4.69) is 15.6 Å². The summed E-state index contributed by atoms with van der Waals surface area (Å²) in [5.74, 6) is 0.167. The van der Waals surface area contributed by atoms with Gasteiger partial charge in [-0.25, -0.2) is 8.42 Å². The molecule has 2 heterocycles. The quantitative estimate of drug-likeness (QED) is 0.514. The highest BCUT2D eigenvalue weighted by Crippen LogP contribution is 2.32. The summed E-state index contributed by atoms with van der Waals surface area (Å²) in [6, 6.07) is 8.11. The zero-order chi connectivity index (χ0) is 24.6. The second-order valence-electron chi connectivity index (χ2n) is 7.87. The number of carbonyl (C=O) groups is 2. The molecule has 11 heteroatoms. The van der Waals surface area contributed by atoms with Crippen LogP contribution < -0.4 is 20.1 Å². The van der Waals surface area contributed by atoms with Crippen LogP contribution in [0.1, 0.15) is 24.8 Å². The number of nitrogens with one attached hydrogen (secondary N) is 2. The average molecular weight is 491 g/mol. The fourth-order valence-corrected chi connectivity index (χ4v) is 5.20. The van der Waals surface area contributed by atoms with Crippen LogP contribution >= 0.6 is 0 Å². The van der Waals surface area contributed by atoms with Crippen molar-refractivity contribution in [3.63, 3.8) is 0 Å². The van der Waals surface area contributed by atoms with Crippen molar-refractivity contribution in [1.82, 2.24) is 19.9 Å². The third-order valence-electron chi connectivity index (χ3n) is 5.71. The minimum absolute atomic E-state index is 0.117. The van der Waals surface area contributed by atoms with Gasteiger partial charge in [0.15, 0.2) is 11.5 Å². The van der Waals surface area contributed by atoms with Crippen LogP contribution in [0.2, 0.25) is 0 Å². The van der Waals surface area contributed by atoms with Gasteiger partial charge in [0, 0.05) is 57.0 Å². The van der Waals surface area contributed by atoms with E-state index in [1.807, 2.05) is 12.1 Å². The predicted molar refractivity (Wildman–Crippen MR) is 125 cm³/mol. The Morgan fingerprint density at radius 1 is 1.03 bits per heavy atom. The molecule has 2 aromatic rings. The fraction of sp³-hybridized carbons (Fsp3) is 0.435. The SMILES string of the molecule is COc1ccc(S(=O)(=O)N2CCC(C(=O)NCCC(=O)NCc3ccncc3)CC2)cc1OC. The Morgan fingerprint density at radius 2 is 1.71 bits per heavy atom. The van der Waals surface area contributed by atoms with Crippen LogP contribution in [0.15, 0.2) is 47.6 Å².